The lowest BCUT2D eigenvalue weighted by Gasteiger charge is -2.24. The normalized spacial score (nSPS) is 14.5. The summed E-state index contributed by atoms with van der Waals surface area (Å²) in [5.41, 5.74) is 0. The minimum absolute atomic E-state index is 0.0288. The molecule has 0 aromatic carbocycles. The van der Waals surface area contributed by atoms with E-state index in [1.165, 1.54) is 103 Å². The van der Waals surface area contributed by atoms with Crippen LogP contribution in [0.4, 0.5) is 0 Å². The Morgan fingerprint density at radius 2 is 0.942 bits per heavy atom. The van der Waals surface area contributed by atoms with Crippen molar-refractivity contribution in [3.63, 3.8) is 0 Å². The molecule has 8 heteroatoms. The van der Waals surface area contributed by atoms with Crippen molar-refractivity contribution in [2.75, 3.05) is 60.7 Å². The number of hydrogen-bond acceptors (Lipinski definition) is 5. The van der Waals surface area contributed by atoms with Gasteiger partial charge >= 0.3 is 7.82 Å². The fourth-order valence-corrected chi connectivity index (χ4v) is 6.32. The Balaban J connectivity index is 4.20. The Labute approximate surface area is 322 Å². The standard InChI is InChI=1S/C44H84NO6P/c1-6-8-10-12-14-16-18-20-22-23-24-25-26-28-30-32-34-36-39-48-42-44(43-51-52(46,47)50-41-38-45(3,4)5)49-40-37-35-33-31-29-27-21-19-17-15-13-11-9-7-2/h14,16,20,22,24-25,28,30,44H,6-13,15,17-19,21,23,26-27,29,31-43H2,1-5H3/p+1/b16-14-,22-20-,25-24-,30-28-/t44-/m1/s1. The molecule has 0 radical (unpaired) electrons. The van der Waals surface area contributed by atoms with Crippen molar-refractivity contribution in [1.82, 2.24) is 0 Å². The lowest BCUT2D eigenvalue weighted by molar-refractivity contribution is -0.870. The van der Waals surface area contributed by atoms with Crippen molar-refractivity contribution in [3.05, 3.63) is 48.6 Å². The molecule has 0 aliphatic heterocycles. The van der Waals surface area contributed by atoms with Gasteiger partial charge in [0.05, 0.1) is 34.4 Å². The van der Waals surface area contributed by atoms with Gasteiger partial charge in [-0.15, -0.1) is 0 Å². The van der Waals surface area contributed by atoms with Crippen LogP contribution >= 0.6 is 7.82 Å². The summed E-state index contributed by atoms with van der Waals surface area (Å²) >= 11 is 0. The number of nitrogens with zero attached hydrogens (tertiary/aromatic N) is 1. The van der Waals surface area contributed by atoms with Gasteiger partial charge in [0.1, 0.15) is 19.3 Å². The third-order valence-corrected chi connectivity index (χ3v) is 9.95. The zero-order chi connectivity index (χ0) is 38.3. The number of quaternary nitrogens is 1. The van der Waals surface area contributed by atoms with Gasteiger partial charge in [0.2, 0.25) is 0 Å². The zero-order valence-electron chi connectivity index (χ0n) is 34.8. The summed E-state index contributed by atoms with van der Waals surface area (Å²) < 4.78 is 35.6. The molecule has 2 atom stereocenters. The van der Waals surface area contributed by atoms with Crippen LogP contribution in [-0.4, -0.2) is 76.2 Å². The Morgan fingerprint density at radius 1 is 0.519 bits per heavy atom. The van der Waals surface area contributed by atoms with Crippen molar-refractivity contribution in [2.24, 2.45) is 0 Å². The van der Waals surface area contributed by atoms with E-state index in [2.05, 4.69) is 62.5 Å². The van der Waals surface area contributed by atoms with Gasteiger partial charge in [-0.1, -0.05) is 159 Å². The second-order valence-corrected chi connectivity index (χ2v) is 16.8. The molecule has 0 saturated carbocycles. The van der Waals surface area contributed by atoms with Crippen molar-refractivity contribution in [2.45, 2.75) is 174 Å². The van der Waals surface area contributed by atoms with Crippen molar-refractivity contribution in [1.29, 1.82) is 0 Å². The van der Waals surface area contributed by atoms with E-state index in [9.17, 15) is 9.46 Å². The summed E-state index contributed by atoms with van der Waals surface area (Å²) in [6.45, 7) is 6.81. The van der Waals surface area contributed by atoms with E-state index in [-0.39, 0.29) is 13.2 Å². The molecule has 7 nitrogen and oxygen atoms in total. The lowest BCUT2D eigenvalue weighted by Crippen LogP contribution is -2.37. The van der Waals surface area contributed by atoms with Gasteiger partial charge in [-0.2, -0.15) is 0 Å². The Hall–Kier alpha value is -1.05. The average molecular weight is 755 g/mol. The maximum atomic E-state index is 12.5. The molecule has 1 unspecified atom stereocenters. The molecule has 1 N–H and O–H groups in total. The number of phosphoric acid groups is 1. The SMILES string of the molecule is CCCCC/C=C\C/C=C\C/C=C\C/C=C\CCCCOC[C@H](COP(=O)(O)OCC[N+](C)(C)C)OCCCCCCCCCCCCCCCC. The van der Waals surface area contributed by atoms with Crippen molar-refractivity contribution < 1.29 is 32.5 Å². The average Bonchev–Trinajstić information content (AvgIpc) is 3.10. The van der Waals surface area contributed by atoms with Crippen LogP contribution in [0.3, 0.4) is 0 Å². The molecular weight excluding hydrogens is 669 g/mol. The first-order chi connectivity index (χ1) is 25.2. The van der Waals surface area contributed by atoms with Crippen molar-refractivity contribution in [3.8, 4) is 0 Å². The first-order valence-electron chi connectivity index (χ1n) is 21.4. The molecule has 0 aromatic heterocycles. The molecule has 0 aromatic rings. The summed E-state index contributed by atoms with van der Waals surface area (Å²) in [7, 11) is 1.88. The molecule has 0 aliphatic carbocycles. The molecule has 0 bridgehead atoms. The predicted octanol–water partition coefficient (Wildman–Crippen LogP) is 12.9. The fraction of sp³-hybridized carbons (Fsp3) is 0.818. The van der Waals surface area contributed by atoms with Gasteiger partial charge in [-0.05, 0) is 57.8 Å². The summed E-state index contributed by atoms with van der Waals surface area (Å²) in [6, 6.07) is 0. The topological polar surface area (TPSA) is 74.2 Å². The van der Waals surface area contributed by atoms with Gasteiger partial charge in [-0.25, -0.2) is 4.57 Å². The van der Waals surface area contributed by atoms with Gasteiger partial charge < -0.3 is 18.9 Å². The van der Waals surface area contributed by atoms with E-state index in [1.54, 1.807) is 0 Å². The number of likely N-dealkylation sites (N-methyl/N-ethyl adjacent to an activating group) is 1. The molecule has 0 heterocycles. The third-order valence-electron chi connectivity index (χ3n) is 8.96. The van der Waals surface area contributed by atoms with Gasteiger partial charge in [-0.3, -0.25) is 9.05 Å². The second-order valence-electron chi connectivity index (χ2n) is 15.4. The molecular formula is C44H85NO6P+. The molecule has 0 rings (SSSR count). The predicted molar refractivity (Wildman–Crippen MR) is 224 cm³/mol. The molecule has 0 spiro atoms. The maximum Gasteiger partial charge on any atom is 0.472 e. The Morgan fingerprint density at radius 3 is 1.44 bits per heavy atom. The highest BCUT2D eigenvalue weighted by Crippen LogP contribution is 2.43. The Kier molecular flexibility index (Phi) is 37.5. The minimum Gasteiger partial charge on any atom is -0.379 e. The highest BCUT2D eigenvalue weighted by molar-refractivity contribution is 7.47. The van der Waals surface area contributed by atoms with Crippen molar-refractivity contribution >= 4 is 7.82 Å². The maximum absolute atomic E-state index is 12.5. The first-order valence-corrected chi connectivity index (χ1v) is 22.9. The number of unbranched alkanes of at least 4 members (excludes halogenated alkanes) is 18. The zero-order valence-corrected chi connectivity index (χ0v) is 35.7. The summed E-state index contributed by atoms with van der Waals surface area (Å²) in [5.74, 6) is 0. The van der Waals surface area contributed by atoms with E-state index < -0.39 is 13.9 Å². The number of hydrogen-bond donors (Lipinski definition) is 1. The Bertz CT molecular complexity index is 913. The molecule has 306 valence electrons. The van der Waals surface area contributed by atoms with E-state index in [1.807, 2.05) is 21.1 Å². The van der Waals surface area contributed by atoms with Crippen LogP contribution in [0.5, 0.6) is 0 Å². The van der Waals surface area contributed by atoms with E-state index in [4.69, 9.17) is 18.5 Å². The van der Waals surface area contributed by atoms with Crippen LogP contribution in [-0.2, 0) is 23.1 Å². The first kappa shape index (κ1) is 51.0. The van der Waals surface area contributed by atoms with Crippen LogP contribution < -0.4 is 0 Å². The smallest absolute Gasteiger partial charge is 0.379 e. The summed E-state index contributed by atoms with van der Waals surface area (Å²) in [5, 5.41) is 0. The lowest BCUT2D eigenvalue weighted by atomic mass is 10.0. The molecule has 0 amide bonds. The van der Waals surface area contributed by atoms with Gasteiger partial charge in [0.25, 0.3) is 0 Å². The third kappa shape index (κ3) is 41.7. The highest BCUT2D eigenvalue weighted by Gasteiger charge is 2.25. The fourth-order valence-electron chi connectivity index (χ4n) is 5.58. The van der Waals surface area contributed by atoms with E-state index in [0.29, 0.717) is 30.8 Å². The van der Waals surface area contributed by atoms with Crippen LogP contribution in [0.15, 0.2) is 48.6 Å². The minimum atomic E-state index is -4.15. The van der Waals surface area contributed by atoms with Crippen LogP contribution in [0.25, 0.3) is 0 Å². The van der Waals surface area contributed by atoms with Gasteiger partial charge in [0.15, 0.2) is 0 Å². The quantitative estimate of drug-likeness (QED) is 0.0291. The number of ether oxygens (including phenoxy) is 2. The van der Waals surface area contributed by atoms with E-state index in [0.717, 1.165) is 51.4 Å². The largest absolute Gasteiger partial charge is 0.472 e. The molecule has 0 saturated heterocycles. The van der Waals surface area contributed by atoms with Crippen LogP contribution in [0, 0.1) is 0 Å². The van der Waals surface area contributed by atoms with Gasteiger partial charge in [0, 0.05) is 13.2 Å². The highest BCUT2D eigenvalue weighted by atomic mass is 31.2. The molecule has 0 aliphatic rings. The van der Waals surface area contributed by atoms with Crippen LogP contribution in [0.2, 0.25) is 0 Å². The van der Waals surface area contributed by atoms with Crippen LogP contribution in [0.1, 0.15) is 168 Å². The number of rotatable bonds is 40. The summed E-state index contributed by atoms with van der Waals surface area (Å²) in [6.07, 6.45) is 47.1. The molecule has 52 heavy (non-hydrogen) atoms. The second kappa shape index (κ2) is 38.2. The summed E-state index contributed by atoms with van der Waals surface area (Å²) in [4.78, 5) is 10.2. The number of phosphoric ester groups is 1. The van der Waals surface area contributed by atoms with E-state index >= 15 is 0 Å². The number of allylic oxidation sites excluding steroid dienone is 8. The monoisotopic (exact) mass is 755 g/mol. The molecule has 0 fully saturated rings.